The van der Waals surface area contributed by atoms with Crippen molar-refractivity contribution in [1.29, 1.82) is 0 Å². The maximum absolute atomic E-state index is 5.80. The highest BCUT2D eigenvalue weighted by molar-refractivity contribution is 14.1. The smallest absolute Gasteiger partial charge is 0.0449 e. The predicted molar refractivity (Wildman–Crippen MR) is 89.9 cm³/mol. The number of nitrogens with two attached hydrogens (primary N) is 2. The summed E-state index contributed by atoms with van der Waals surface area (Å²) >= 11 is 4.52. The first-order chi connectivity index (χ1) is 8.06. The lowest BCUT2D eigenvalue weighted by molar-refractivity contribution is 1.19. The molecule has 2 rings (SSSR count). The summed E-state index contributed by atoms with van der Waals surface area (Å²) in [4.78, 5) is 0. The van der Waals surface area contributed by atoms with E-state index < -0.39 is 0 Å². The fraction of sp³-hybridized carbons (Fsp3) is 0.0769. The van der Waals surface area contributed by atoms with Gasteiger partial charge in [-0.25, -0.2) is 0 Å². The van der Waals surface area contributed by atoms with Crippen molar-refractivity contribution in [2.75, 3.05) is 11.5 Å². The molecule has 0 spiro atoms. The zero-order valence-corrected chi connectivity index (χ0v) is 13.4. The average molecular weight is 450 g/mol. The van der Waals surface area contributed by atoms with Crippen LogP contribution in [0.5, 0.6) is 0 Å². The molecule has 0 saturated heterocycles. The van der Waals surface area contributed by atoms with Crippen molar-refractivity contribution in [3.8, 4) is 0 Å². The van der Waals surface area contributed by atoms with Crippen LogP contribution >= 0.6 is 45.2 Å². The molecule has 88 valence electrons. The lowest BCUT2D eigenvalue weighted by Crippen LogP contribution is -1.95. The largest absolute Gasteiger partial charge is 0.398 e. The van der Waals surface area contributed by atoms with Crippen molar-refractivity contribution in [2.45, 2.75) is 6.42 Å². The molecular formula is C13H12I2N2. The third kappa shape index (κ3) is 3.25. The van der Waals surface area contributed by atoms with E-state index in [9.17, 15) is 0 Å². The van der Waals surface area contributed by atoms with Crippen LogP contribution in [0.25, 0.3) is 0 Å². The van der Waals surface area contributed by atoms with Gasteiger partial charge in [0, 0.05) is 18.5 Å². The van der Waals surface area contributed by atoms with Crippen molar-refractivity contribution < 1.29 is 0 Å². The van der Waals surface area contributed by atoms with E-state index >= 15 is 0 Å². The third-order valence-corrected chi connectivity index (χ3v) is 4.41. The van der Waals surface area contributed by atoms with E-state index in [1.807, 2.05) is 12.1 Å². The zero-order valence-electron chi connectivity index (χ0n) is 9.08. The second-order valence-corrected chi connectivity index (χ2v) is 6.21. The molecule has 0 aliphatic carbocycles. The number of benzene rings is 2. The Kier molecular flexibility index (Phi) is 4.13. The first kappa shape index (κ1) is 12.9. The van der Waals surface area contributed by atoms with Gasteiger partial charge in [0.25, 0.3) is 0 Å². The van der Waals surface area contributed by atoms with Gasteiger partial charge in [-0.15, -0.1) is 0 Å². The van der Waals surface area contributed by atoms with Gasteiger partial charge < -0.3 is 11.5 Å². The van der Waals surface area contributed by atoms with Gasteiger partial charge in [-0.2, -0.15) is 0 Å². The van der Waals surface area contributed by atoms with Crippen LogP contribution in [0, 0.1) is 7.14 Å². The van der Waals surface area contributed by atoms with Crippen molar-refractivity contribution in [3.63, 3.8) is 0 Å². The SMILES string of the molecule is Nc1ccc(Cc2ccc(N)c(I)c2)cc1I. The lowest BCUT2D eigenvalue weighted by Gasteiger charge is -2.06. The standard InChI is InChI=1S/C13H12I2N2/c14-10-6-8(1-3-12(10)16)5-9-2-4-13(17)11(15)7-9/h1-4,6-7H,5,16-17H2. The van der Waals surface area contributed by atoms with Gasteiger partial charge in [0.05, 0.1) is 0 Å². The molecule has 0 heterocycles. The monoisotopic (exact) mass is 450 g/mol. The molecule has 0 atom stereocenters. The molecule has 0 fully saturated rings. The number of anilines is 2. The number of halogens is 2. The Labute approximate surface area is 128 Å². The summed E-state index contributed by atoms with van der Waals surface area (Å²) < 4.78 is 2.20. The third-order valence-electron chi connectivity index (χ3n) is 2.54. The van der Waals surface area contributed by atoms with Crippen LogP contribution in [0.15, 0.2) is 36.4 Å². The molecule has 0 radical (unpaired) electrons. The highest BCUT2D eigenvalue weighted by atomic mass is 127. The van der Waals surface area contributed by atoms with Gasteiger partial charge in [-0.05, 0) is 87.0 Å². The van der Waals surface area contributed by atoms with Crippen molar-refractivity contribution in [3.05, 3.63) is 54.7 Å². The topological polar surface area (TPSA) is 52.0 Å². The van der Waals surface area contributed by atoms with Gasteiger partial charge in [0.1, 0.15) is 0 Å². The predicted octanol–water partition coefficient (Wildman–Crippen LogP) is 3.65. The van der Waals surface area contributed by atoms with Crippen molar-refractivity contribution in [1.82, 2.24) is 0 Å². The normalized spacial score (nSPS) is 10.5. The average Bonchev–Trinajstić information content (AvgIpc) is 2.29. The molecule has 0 aliphatic heterocycles. The van der Waals surface area contributed by atoms with Crippen LogP contribution in [-0.2, 0) is 6.42 Å². The van der Waals surface area contributed by atoms with Crippen LogP contribution < -0.4 is 11.5 Å². The van der Waals surface area contributed by atoms with Crippen LogP contribution in [0.1, 0.15) is 11.1 Å². The summed E-state index contributed by atoms with van der Waals surface area (Å²) in [6.07, 6.45) is 0.909. The fourth-order valence-corrected chi connectivity index (χ4v) is 2.76. The van der Waals surface area contributed by atoms with Crippen LogP contribution in [0.2, 0.25) is 0 Å². The van der Waals surface area contributed by atoms with E-state index in [1.54, 1.807) is 0 Å². The van der Waals surface area contributed by atoms with Crippen LogP contribution in [0.3, 0.4) is 0 Å². The summed E-state index contributed by atoms with van der Waals surface area (Å²) in [6.45, 7) is 0. The van der Waals surface area contributed by atoms with E-state index in [0.29, 0.717) is 0 Å². The molecular weight excluding hydrogens is 438 g/mol. The molecule has 0 aromatic heterocycles. The lowest BCUT2D eigenvalue weighted by atomic mass is 10.0. The van der Waals surface area contributed by atoms with Crippen LogP contribution in [-0.4, -0.2) is 0 Å². The Hall–Kier alpha value is -0.500. The van der Waals surface area contributed by atoms with Gasteiger partial charge in [-0.3, -0.25) is 0 Å². The minimum Gasteiger partial charge on any atom is -0.398 e. The van der Waals surface area contributed by atoms with Gasteiger partial charge in [-0.1, -0.05) is 12.1 Å². The number of hydrogen-bond acceptors (Lipinski definition) is 2. The molecule has 17 heavy (non-hydrogen) atoms. The molecule has 2 aromatic rings. The summed E-state index contributed by atoms with van der Waals surface area (Å²) in [6, 6.07) is 12.3. The summed E-state index contributed by atoms with van der Waals surface area (Å²) in [5.41, 5.74) is 15.8. The minimum absolute atomic E-state index is 0.834. The van der Waals surface area contributed by atoms with E-state index in [-0.39, 0.29) is 0 Å². The highest BCUT2D eigenvalue weighted by Gasteiger charge is 2.02. The molecule has 0 saturated carbocycles. The maximum Gasteiger partial charge on any atom is 0.0449 e. The van der Waals surface area contributed by atoms with E-state index in [1.165, 1.54) is 11.1 Å². The van der Waals surface area contributed by atoms with E-state index in [2.05, 4.69) is 69.4 Å². The Balaban J connectivity index is 2.25. The summed E-state index contributed by atoms with van der Waals surface area (Å²) in [5.74, 6) is 0. The number of rotatable bonds is 2. The molecule has 2 aromatic carbocycles. The summed E-state index contributed by atoms with van der Waals surface area (Å²) in [5, 5.41) is 0. The second-order valence-electron chi connectivity index (χ2n) is 3.89. The maximum atomic E-state index is 5.80. The van der Waals surface area contributed by atoms with Crippen molar-refractivity contribution in [2.24, 2.45) is 0 Å². The minimum atomic E-state index is 0.834. The molecule has 0 bridgehead atoms. The first-order valence-corrected chi connectivity index (χ1v) is 7.30. The zero-order chi connectivity index (χ0) is 12.4. The van der Waals surface area contributed by atoms with Crippen molar-refractivity contribution >= 4 is 56.6 Å². The van der Waals surface area contributed by atoms with Gasteiger partial charge >= 0.3 is 0 Å². The fourth-order valence-electron chi connectivity index (χ4n) is 1.60. The molecule has 4 N–H and O–H groups in total. The Bertz CT molecular complexity index is 504. The molecule has 0 aliphatic rings. The summed E-state index contributed by atoms with van der Waals surface area (Å²) in [7, 11) is 0. The Morgan fingerprint density at radius 3 is 1.53 bits per heavy atom. The molecule has 0 amide bonds. The number of hydrogen-bond donors (Lipinski definition) is 2. The first-order valence-electron chi connectivity index (χ1n) is 5.14. The number of nitrogen functional groups attached to an aromatic ring is 2. The highest BCUT2D eigenvalue weighted by Crippen LogP contribution is 2.21. The quantitative estimate of drug-likeness (QED) is 0.543. The Morgan fingerprint density at radius 2 is 1.18 bits per heavy atom. The van der Waals surface area contributed by atoms with E-state index in [4.69, 9.17) is 11.5 Å². The van der Waals surface area contributed by atoms with Crippen LogP contribution in [0.4, 0.5) is 11.4 Å². The van der Waals surface area contributed by atoms with Gasteiger partial charge in [0.2, 0.25) is 0 Å². The molecule has 2 nitrogen and oxygen atoms in total. The molecule has 0 unspecified atom stereocenters. The Morgan fingerprint density at radius 1 is 0.765 bits per heavy atom. The van der Waals surface area contributed by atoms with E-state index in [0.717, 1.165) is 24.9 Å². The molecule has 4 heteroatoms. The van der Waals surface area contributed by atoms with Gasteiger partial charge in [0.15, 0.2) is 0 Å². The second kappa shape index (κ2) is 5.43.